The second-order valence-corrected chi connectivity index (χ2v) is 5.97. The molecular formula is C16H20FNOS. The molecule has 0 saturated heterocycles. The maximum atomic E-state index is 13.4. The van der Waals surface area contributed by atoms with Gasteiger partial charge in [-0.3, -0.25) is 0 Å². The average molecular weight is 293 g/mol. The second-order valence-electron chi connectivity index (χ2n) is 4.72. The summed E-state index contributed by atoms with van der Waals surface area (Å²) in [6.45, 7) is 5.06. The molecule has 0 aliphatic rings. The maximum Gasteiger partial charge on any atom is 0.165 e. The van der Waals surface area contributed by atoms with E-state index in [0.29, 0.717) is 5.75 Å². The summed E-state index contributed by atoms with van der Waals surface area (Å²) in [5.74, 6) is -0.0326. The third-order valence-corrected chi connectivity index (χ3v) is 4.55. The minimum absolute atomic E-state index is 0.150. The number of hydrogen-bond acceptors (Lipinski definition) is 3. The second kappa shape index (κ2) is 6.86. The molecule has 1 atom stereocenters. The number of methoxy groups -OCH3 is 1. The third kappa shape index (κ3) is 3.58. The fraction of sp³-hybridized carbons (Fsp3) is 0.375. The first-order valence-corrected chi connectivity index (χ1v) is 7.60. The van der Waals surface area contributed by atoms with E-state index in [1.54, 1.807) is 12.1 Å². The Balaban J connectivity index is 1.99. The zero-order valence-corrected chi connectivity index (χ0v) is 12.9. The molecule has 1 N–H and O–H groups in total. The van der Waals surface area contributed by atoms with Crippen molar-refractivity contribution in [3.63, 3.8) is 0 Å². The van der Waals surface area contributed by atoms with E-state index in [2.05, 4.69) is 31.3 Å². The number of benzene rings is 1. The van der Waals surface area contributed by atoms with E-state index in [1.165, 1.54) is 22.9 Å². The molecule has 0 spiro atoms. The average Bonchev–Trinajstić information content (AvgIpc) is 2.93. The SMILES string of the molecule is CCc1ccc(CNC(C)c2ccc(F)c(OC)c2)s1. The summed E-state index contributed by atoms with van der Waals surface area (Å²) < 4.78 is 18.4. The molecule has 1 unspecified atom stereocenters. The molecule has 0 amide bonds. The molecule has 20 heavy (non-hydrogen) atoms. The topological polar surface area (TPSA) is 21.3 Å². The molecule has 1 aromatic carbocycles. The number of halogens is 1. The van der Waals surface area contributed by atoms with Crippen LogP contribution in [0, 0.1) is 5.82 Å². The predicted molar refractivity (Wildman–Crippen MR) is 81.9 cm³/mol. The molecule has 0 aliphatic heterocycles. The molecule has 2 aromatic rings. The highest BCUT2D eigenvalue weighted by molar-refractivity contribution is 7.11. The molecule has 0 saturated carbocycles. The first kappa shape index (κ1) is 15.0. The highest BCUT2D eigenvalue weighted by Gasteiger charge is 2.09. The van der Waals surface area contributed by atoms with Gasteiger partial charge >= 0.3 is 0 Å². The van der Waals surface area contributed by atoms with Crippen LogP contribution in [0.4, 0.5) is 4.39 Å². The Labute approximate surface area is 123 Å². The van der Waals surface area contributed by atoms with Gasteiger partial charge in [0.2, 0.25) is 0 Å². The van der Waals surface area contributed by atoms with Gasteiger partial charge in [-0.25, -0.2) is 4.39 Å². The molecule has 108 valence electrons. The van der Waals surface area contributed by atoms with Gasteiger partial charge in [0, 0.05) is 22.3 Å². The zero-order chi connectivity index (χ0) is 14.5. The molecule has 2 nitrogen and oxygen atoms in total. The van der Waals surface area contributed by atoms with Gasteiger partial charge in [0.1, 0.15) is 0 Å². The molecule has 1 aromatic heterocycles. The zero-order valence-electron chi connectivity index (χ0n) is 12.1. The summed E-state index contributed by atoms with van der Waals surface area (Å²) in [7, 11) is 1.48. The van der Waals surface area contributed by atoms with Gasteiger partial charge in [-0.2, -0.15) is 0 Å². The van der Waals surface area contributed by atoms with Gasteiger partial charge in [0.05, 0.1) is 7.11 Å². The van der Waals surface area contributed by atoms with Gasteiger partial charge in [-0.15, -0.1) is 11.3 Å². The fourth-order valence-electron chi connectivity index (χ4n) is 2.02. The number of rotatable bonds is 6. The van der Waals surface area contributed by atoms with E-state index >= 15 is 0 Å². The van der Waals surface area contributed by atoms with Crippen molar-refractivity contribution in [3.05, 3.63) is 51.5 Å². The Morgan fingerprint density at radius 3 is 2.65 bits per heavy atom. The molecule has 4 heteroatoms. The minimum atomic E-state index is -0.325. The van der Waals surface area contributed by atoms with E-state index in [-0.39, 0.29) is 11.9 Å². The van der Waals surface area contributed by atoms with Crippen molar-refractivity contribution in [2.45, 2.75) is 32.9 Å². The minimum Gasteiger partial charge on any atom is -0.494 e. The standard InChI is InChI=1S/C16H20FNOS/c1-4-13-6-7-14(20-13)10-18-11(2)12-5-8-15(17)16(9-12)19-3/h5-9,11,18H,4,10H2,1-3H3. The van der Waals surface area contributed by atoms with Crippen molar-refractivity contribution in [3.8, 4) is 5.75 Å². The predicted octanol–water partition coefficient (Wildman–Crippen LogP) is 4.31. The molecule has 1 heterocycles. The number of aryl methyl sites for hydroxylation is 1. The lowest BCUT2D eigenvalue weighted by Gasteiger charge is -2.15. The summed E-state index contributed by atoms with van der Waals surface area (Å²) in [6, 6.07) is 9.48. The number of nitrogens with one attached hydrogen (secondary N) is 1. The van der Waals surface area contributed by atoms with Crippen LogP contribution in [0.1, 0.15) is 35.2 Å². The Morgan fingerprint density at radius 1 is 1.25 bits per heavy atom. The Morgan fingerprint density at radius 2 is 2.00 bits per heavy atom. The first-order chi connectivity index (χ1) is 9.63. The van der Waals surface area contributed by atoms with Crippen LogP contribution in [-0.2, 0) is 13.0 Å². The van der Waals surface area contributed by atoms with Crippen molar-refractivity contribution < 1.29 is 9.13 Å². The monoisotopic (exact) mass is 293 g/mol. The van der Waals surface area contributed by atoms with E-state index < -0.39 is 0 Å². The fourth-order valence-corrected chi connectivity index (χ4v) is 2.93. The maximum absolute atomic E-state index is 13.4. The van der Waals surface area contributed by atoms with Crippen LogP contribution in [0.5, 0.6) is 5.75 Å². The lowest BCUT2D eigenvalue weighted by molar-refractivity contribution is 0.385. The van der Waals surface area contributed by atoms with E-state index in [4.69, 9.17) is 4.74 Å². The van der Waals surface area contributed by atoms with Gasteiger partial charge in [-0.05, 0) is 43.2 Å². The smallest absolute Gasteiger partial charge is 0.165 e. The van der Waals surface area contributed by atoms with Crippen molar-refractivity contribution in [1.29, 1.82) is 0 Å². The van der Waals surface area contributed by atoms with Crippen LogP contribution in [0.2, 0.25) is 0 Å². The Bertz CT molecular complexity index is 567. The van der Waals surface area contributed by atoms with Crippen molar-refractivity contribution >= 4 is 11.3 Å². The van der Waals surface area contributed by atoms with Gasteiger partial charge in [0.25, 0.3) is 0 Å². The largest absolute Gasteiger partial charge is 0.494 e. The lowest BCUT2D eigenvalue weighted by Crippen LogP contribution is -2.17. The summed E-state index contributed by atoms with van der Waals surface area (Å²) in [5.41, 5.74) is 1.02. The first-order valence-electron chi connectivity index (χ1n) is 6.78. The quantitative estimate of drug-likeness (QED) is 0.857. The van der Waals surface area contributed by atoms with Crippen LogP contribution < -0.4 is 10.1 Å². The van der Waals surface area contributed by atoms with E-state index in [0.717, 1.165) is 18.5 Å². The molecule has 0 radical (unpaired) electrons. The Kier molecular flexibility index (Phi) is 5.15. The highest BCUT2D eigenvalue weighted by Crippen LogP contribution is 2.23. The molecular weight excluding hydrogens is 273 g/mol. The van der Waals surface area contributed by atoms with Crippen molar-refractivity contribution in [2.75, 3.05) is 7.11 Å². The summed E-state index contributed by atoms with van der Waals surface area (Å²) >= 11 is 1.83. The lowest BCUT2D eigenvalue weighted by atomic mass is 10.1. The number of thiophene rings is 1. The summed E-state index contributed by atoms with van der Waals surface area (Å²) in [4.78, 5) is 2.72. The van der Waals surface area contributed by atoms with Gasteiger partial charge < -0.3 is 10.1 Å². The normalized spacial score (nSPS) is 12.4. The highest BCUT2D eigenvalue weighted by atomic mass is 32.1. The Hall–Kier alpha value is -1.39. The summed E-state index contributed by atoms with van der Waals surface area (Å²) in [5, 5.41) is 3.46. The number of ether oxygens (including phenoxy) is 1. The van der Waals surface area contributed by atoms with Gasteiger partial charge in [-0.1, -0.05) is 13.0 Å². The molecule has 0 bridgehead atoms. The van der Waals surface area contributed by atoms with E-state index in [9.17, 15) is 4.39 Å². The molecule has 2 rings (SSSR count). The van der Waals surface area contributed by atoms with Crippen LogP contribution >= 0.6 is 11.3 Å². The molecule has 0 fully saturated rings. The van der Waals surface area contributed by atoms with Crippen LogP contribution in [0.15, 0.2) is 30.3 Å². The van der Waals surface area contributed by atoms with Crippen LogP contribution in [0.25, 0.3) is 0 Å². The van der Waals surface area contributed by atoms with Crippen molar-refractivity contribution in [2.24, 2.45) is 0 Å². The van der Waals surface area contributed by atoms with Crippen molar-refractivity contribution in [1.82, 2.24) is 5.32 Å². The number of hydrogen-bond donors (Lipinski definition) is 1. The van der Waals surface area contributed by atoms with E-state index in [1.807, 2.05) is 11.3 Å². The summed E-state index contributed by atoms with van der Waals surface area (Å²) in [6.07, 6.45) is 1.08. The molecule has 0 aliphatic carbocycles. The van der Waals surface area contributed by atoms with Crippen LogP contribution in [0.3, 0.4) is 0 Å². The van der Waals surface area contributed by atoms with Crippen LogP contribution in [-0.4, -0.2) is 7.11 Å². The van der Waals surface area contributed by atoms with Gasteiger partial charge in [0.15, 0.2) is 11.6 Å². The third-order valence-electron chi connectivity index (χ3n) is 3.32.